The minimum Gasteiger partial charge on any atom is -0.494 e. The van der Waals surface area contributed by atoms with E-state index in [1.54, 1.807) is 0 Å². The van der Waals surface area contributed by atoms with Gasteiger partial charge in [0.1, 0.15) is 17.6 Å². The molecule has 0 radical (unpaired) electrons. The third-order valence-electron chi connectivity index (χ3n) is 2.32. The third-order valence-corrected chi connectivity index (χ3v) is 2.32. The van der Waals surface area contributed by atoms with Crippen molar-refractivity contribution in [2.45, 2.75) is 26.4 Å². The number of nitrogens with one attached hydrogen (secondary N) is 1. The minimum absolute atomic E-state index is 0.225. The van der Waals surface area contributed by atoms with Gasteiger partial charge in [-0.3, -0.25) is 0 Å². The summed E-state index contributed by atoms with van der Waals surface area (Å²) in [6, 6.07) is 7.77. The van der Waals surface area contributed by atoms with Crippen molar-refractivity contribution in [3.8, 4) is 11.5 Å². The van der Waals surface area contributed by atoms with Crippen molar-refractivity contribution in [3.05, 3.63) is 24.3 Å². The summed E-state index contributed by atoms with van der Waals surface area (Å²) < 4.78 is 11.2. The fourth-order valence-electron chi connectivity index (χ4n) is 1.47. The summed E-state index contributed by atoms with van der Waals surface area (Å²) in [4.78, 5) is 0. The average Bonchev–Trinajstić information content (AvgIpc) is 2.31. The maximum Gasteiger partial charge on any atom is 0.120 e. The van der Waals surface area contributed by atoms with Crippen molar-refractivity contribution in [1.82, 2.24) is 5.32 Å². The largest absolute Gasteiger partial charge is 0.494 e. The predicted molar refractivity (Wildman–Crippen MR) is 66.2 cm³/mol. The van der Waals surface area contributed by atoms with Crippen LogP contribution < -0.4 is 14.8 Å². The van der Waals surface area contributed by atoms with Crippen LogP contribution in [0, 0.1) is 0 Å². The third kappa shape index (κ3) is 4.11. The van der Waals surface area contributed by atoms with Gasteiger partial charge in [0.15, 0.2) is 0 Å². The molecule has 0 aromatic heterocycles. The van der Waals surface area contributed by atoms with Gasteiger partial charge in [-0.05, 0) is 44.7 Å². The lowest BCUT2D eigenvalue weighted by Crippen LogP contribution is -2.28. The number of ether oxygens (including phenoxy) is 2. The number of hydrogen-bond acceptors (Lipinski definition) is 3. The van der Waals surface area contributed by atoms with Gasteiger partial charge in [0.05, 0.1) is 6.61 Å². The van der Waals surface area contributed by atoms with E-state index in [1.165, 1.54) is 0 Å². The summed E-state index contributed by atoms with van der Waals surface area (Å²) in [5.41, 5.74) is 0. The fourth-order valence-corrected chi connectivity index (χ4v) is 1.47. The number of hydrogen-bond donors (Lipinski definition) is 1. The number of benzene rings is 1. The molecular formula is C13H21NO2. The summed E-state index contributed by atoms with van der Waals surface area (Å²) in [6.45, 7) is 5.66. The van der Waals surface area contributed by atoms with Crippen LogP contribution >= 0.6 is 0 Å². The van der Waals surface area contributed by atoms with Crippen LogP contribution in [0.15, 0.2) is 24.3 Å². The maximum absolute atomic E-state index is 5.82. The van der Waals surface area contributed by atoms with Gasteiger partial charge >= 0.3 is 0 Å². The summed E-state index contributed by atoms with van der Waals surface area (Å²) >= 11 is 0. The Morgan fingerprint density at radius 2 is 1.75 bits per heavy atom. The average molecular weight is 223 g/mol. The van der Waals surface area contributed by atoms with E-state index in [-0.39, 0.29) is 6.10 Å². The van der Waals surface area contributed by atoms with Crippen molar-refractivity contribution in [3.63, 3.8) is 0 Å². The highest BCUT2D eigenvalue weighted by molar-refractivity contribution is 5.31. The van der Waals surface area contributed by atoms with E-state index in [4.69, 9.17) is 9.47 Å². The van der Waals surface area contributed by atoms with Crippen LogP contribution in [0.4, 0.5) is 0 Å². The Bertz CT molecular complexity index is 284. The zero-order valence-corrected chi connectivity index (χ0v) is 10.3. The molecule has 1 aromatic rings. The van der Waals surface area contributed by atoms with Crippen LogP contribution in [0.25, 0.3) is 0 Å². The first kappa shape index (κ1) is 12.8. The minimum atomic E-state index is 0.225. The molecule has 1 unspecified atom stereocenters. The Hall–Kier alpha value is -1.22. The van der Waals surface area contributed by atoms with E-state index < -0.39 is 0 Å². The molecule has 0 aliphatic heterocycles. The first-order valence-electron chi connectivity index (χ1n) is 5.84. The van der Waals surface area contributed by atoms with Crippen LogP contribution in [0.5, 0.6) is 11.5 Å². The fraction of sp³-hybridized carbons (Fsp3) is 0.538. The summed E-state index contributed by atoms with van der Waals surface area (Å²) in [5.74, 6) is 1.78. The Morgan fingerprint density at radius 3 is 2.25 bits per heavy atom. The molecule has 1 atom stereocenters. The van der Waals surface area contributed by atoms with Gasteiger partial charge in [-0.1, -0.05) is 6.92 Å². The molecule has 0 spiro atoms. The highest BCUT2D eigenvalue weighted by atomic mass is 16.5. The Morgan fingerprint density at radius 1 is 1.12 bits per heavy atom. The second-order valence-corrected chi connectivity index (χ2v) is 3.61. The normalized spacial score (nSPS) is 12.2. The topological polar surface area (TPSA) is 30.5 Å². The highest BCUT2D eigenvalue weighted by Crippen LogP contribution is 2.19. The molecule has 0 amide bonds. The van der Waals surface area contributed by atoms with E-state index in [0.717, 1.165) is 24.5 Å². The second-order valence-electron chi connectivity index (χ2n) is 3.61. The van der Waals surface area contributed by atoms with Crippen molar-refractivity contribution in [2.24, 2.45) is 0 Å². The molecule has 16 heavy (non-hydrogen) atoms. The Balaban J connectivity index is 2.53. The molecule has 3 heteroatoms. The lowest BCUT2D eigenvalue weighted by atomic mass is 10.2. The zero-order chi connectivity index (χ0) is 11.8. The Kier molecular flexibility index (Phi) is 5.72. The molecule has 0 bridgehead atoms. The first-order chi connectivity index (χ1) is 7.80. The van der Waals surface area contributed by atoms with Crippen LogP contribution in [0.3, 0.4) is 0 Å². The molecule has 0 saturated carbocycles. The predicted octanol–water partition coefficient (Wildman–Crippen LogP) is 2.46. The second kappa shape index (κ2) is 7.12. The van der Waals surface area contributed by atoms with Gasteiger partial charge in [0, 0.05) is 6.54 Å². The lowest BCUT2D eigenvalue weighted by Gasteiger charge is -2.17. The van der Waals surface area contributed by atoms with Gasteiger partial charge in [0.2, 0.25) is 0 Å². The van der Waals surface area contributed by atoms with Crippen molar-refractivity contribution in [2.75, 3.05) is 20.2 Å². The molecule has 0 fully saturated rings. The number of likely N-dealkylation sites (N-methyl/N-ethyl adjacent to an activating group) is 1. The molecule has 3 nitrogen and oxygen atoms in total. The van der Waals surface area contributed by atoms with Crippen LogP contribution in [-0.2, 0) is 0 Å². The van der Waals surface area contributed by atoms with Crippen LogP contribution in [-0.4, -0.2) is 26.3 Å². The van der Waals surface area contributed by atoms with Crippen LogP contribution in [0.2, 0.25) is 0 Å². The summed E-state index contributed by atoms with van der Waals surface area (Å²) in [6.07, 6.45) is 1.22. The molecule has 0 saturated heterocycles. The number of rotatable bonds is 7. The molecule has 1 aromatic carbocycles. The highest BCUT2D eigenvalue weighted by Gasteiger charge is 2.06. The lowest BCUT2D eigenvalue weighted by molar-refractivity contribution is 0.196. The van der Waals surface area contributed by atoms with Gasteiger partial charge < -0.3 is 14.8 Å². The first-order valence-corrected chi connectivity index (χ1v) is 5.84. The summed E-state index contributed by atoms with van der Waals surface area (Å²) in [7, 11) is 1.93. The molecule has 0 aliphatic rings. The van der Waals surface area contributed by atoms with Gasteiger partial charge in [0.25, 0.3) is 0 Å². The standard InChI is InChI=1S/C13H21NO2/c1-4-11(10-14-3)16-13-8-6-12(7-9-13)15-5-2/h6-9,11,14H,4-5,10H2,1-3H3. The smallest absolute Gasteiger partial charge is 0.120 e. The van der Waals surface area contributed by atoms with Crippen molar-refractivity contribution < 1.29 is 9.47 Å². The zero-order valence-electron chi connectivity index (χ0n) is 10.3. The summed E-state index contributed by atoms with van der Waals surface area (Å²) in [5, 5.41) is 3.12. The molecule has 1 N–H and O–H groups in total. The quantitative estimate of drug-likeness (QED) is 0.770. The SMILES string of the molecule is CCOc1ccc(OC(CC)CNC)cc1. The van der Waals surface area contributed by atoms with Crippen molar-refractivity contribution >= 4 is 0 Å². The monoisotopic (exact) mass is 223 g/mol. The van der Waals surface area contributed by atoms with E-state index >= 15 is 0 Å². The van der Waals surface area contributed by atoms with Crippen molar-refractivity contribution in [1.29, 1.82) is 0 Å². The maximum atomic E-state index is 5.82. The Labute approximate surface area is 97.8 Å². The molecule has 0 aliphatic carbocycles. The van der Waals surface area contributed by atoms with Gasteiger partial charge in [-0.15, -0.1) is 0 Å². The molecular weight excluding hydrogens is 202 g/mol. The van der Waals surface area contributed by atoms with Crippen LogP contribution in [0.1, 0.15) is 20.3 Å². The van der Waals surface area contributed by atoms with E-state index in [0.29, 0.717) is 6.61 Å². The molecule has 0 heterocycles. The van der Waals surface area contributed by atoms with E-state index in [9.17, 15) is 0 Å². The van der Waals surface area contributed by atoms with Gasteiger partial charge in [-0.2, -0.15) is 0 Å². The molecule has 1 rings (SSSR count). The molecule has 90 valence electrons. The van der Waals surface area contributed by atoms with E-state index in [2.05, 4.69) is 12.2 Å². The van der Waals surface area contributed by atoms with E-state index in [1.807, 2.05) is 38.2 Å². The van der Waals surface area contributed by atoms with Gasteiger partial charge in [-0.25, -0.2) is 0 Å².